The fourth-order valence-electron chi connectivity index (χ4n) is 2.19. The van der Waals surface area contributed by atoms with Gasteiger partial charge in [-0.05, 0) is 11.6 Å². The van der Waals surface area contributed by atoms with Crippen molar-refractivity contribution in [1.29, 1.82) is 0 Å². The normalized spacial score (nSPS) is 21.5. The van der Waals surface area contributed by atoms with Crippen LogP contribution in [0.2, 0.25) is 0 Å². The Balaban J connectivity index is 1.81. The average molecular weight is 256 g/mol. The van der Waals surface area contributed by atoms with Gasteiger partial charge in [-0.15, -0.1) is 0 Å². The van der Waals surface area contributed by atoms with Crippen LogP contribution < -0.4 is 10.6 Å². The van der Waals surface area contributed by atoms with Gasteiger partial charge in [0.2, 0.25) is 5.96 Å². The topological polar surface area (TPSA) is 56.7 Å². The molecule has 5 heteroatoms. The van der Waals surface area contributed by atoms with Gasteiger partial charge < -0.3 is 10.2 Å². The van der Waals surface area contributed by atoms with E-state index in [1.54, 1.807) is 0 Å². The number of guanidine groups is 1. The summed E-state index contributed by atoms with van der Waals surface area (Å²) >= 11 is 0. The van der Waals surface area contributed by atoms with Crippen LogP contribution in [-0.2, 0) is 4.79 Å². The molecule has 1 aromatic rings. The van der Waals surface area contributed by atoms with Crippen molar-refractivity contribution >= 4 is 17.9 Å². The van der Waals surface area contributed by atoms with Crippen molar-refractivity contribution in [2.75, 3.05) is 26.2 Å². The third-order valence-electron chi connectivity index (χ3n) is 3.20. The number of hydrogen-bond acceptors (Lipinski definition) is 4. The molecule has 2 aliphatic heterocycles. The molecule has 1 aromatic carbocycles. The Bertz CT molecular complexity index is 530. The molecule has 0 aliphatic carbocycles. The summed E-state index contributed by atoms with van der Waals surface area (Å²) in [6, 6.07) is 9.75. The summed E-state index contributed by atoms with van der Waals surface area (Å²) in [4.78, 5) is 18.4. The largest absolute Gasteiger partial charge is 0.340 e. The van der Waals surface area contributed by atoms with Crippen molar-refractivity contribution in [3.63, 3.8) is 0 Å². The van der Waals surface area contributed by atoms with E-state index >= 15 is 0 Å². The molecule has 2 N–H and O–H groups in total. The molecule has 19 heavy (non-hydrogen) atoms. The molecule has 1 saturated heterocycles. The molecule has 0 bridgehead atoms. The molecular formula is C14H16N4O. The highest BCUT2D eigenvalue weighted by Gasteiger charge is 2.25. The molecule has 0 spiro atoms. The van der Waals surface area contributed by atoms with Crippen LogP contribution in [0.4, 0.5) is 0 Å². The third kappa shape index (κ3) is 2.66. The number of benzene rings is 1. The molecule has 0 radical (unpaired) electrons. The summed E-state index contributed by atoms with van der Waals surface area (Å²) in [5.74, 6) is 0.547. The first kappa shape index (κ1) is 11.9. The van der Waals surface area contributed by atoms with E-state index in [1.807, 2.05) is 36.4 Å². The Morgan fingerprint density at radius 2 is 1.89 bits per heavy atom. The Morgan fingerprint density at radius 3 is 2.63 bits per heavy atom. The first-order chi connectivity index (χ1) is 9.33. The van der Waals surface area contributed by atoms with Crippen LogP contribution in [0.15, 0.2) is 41.0 Å². The third-order valence-corrected chi connectivity index (χ3v) is 3.20. The molecule has 0 unspecified atom stereocenters. The first-order valence-electron chi connectivity index (χ1n) is 6.45. The van der Waals surface area contributed by atoms with Gasteiger partial charge in [-0.3, -0.25) is 10.1 Å². The second-order valence-electron chi connectivity index (χ2n) is 4.57. The summed E-state index contributed by atoms with van der Waals surface area (Å²) in [7, 11) is 0. The molecule has 3 rings (SSSR count). The van der Waals surface area contributed by atoms with Gasteiger partial charge in [-0.25, -0.2) is 4.99 Å². The second kappa shape index (κ2) is 5.24. The maximum Gasteiger partial charge on any atom is 0.276 e. The highest BCUT2D eigenvalue weighted by Crippen LogP contribution is 2.13. The predicted octanol–water partition coefficient (Wildman–Crippen LogP) is 0.419. The number of nitrogens with zero attached hydrogens (tertiary/aromatic N) is 2. The van der Waals surface area contributed by atoms with Crippen molar-refractivity contribution in [3.05, 3.63) is 41.6 Å². The number of carbonyl (C=O) groups excluding carboxylic acids is 1. The Kier molecular flexibility index (Phi) is 3.29. The lowest BCUT2D eigenvalue weighted by Gasteiger charge is -2.28. The molecule has 2 heterocycles. The number of carbonyl (C=O) groups is 1. The van der Waals surface area contributed by atoms with Crippen molar-refractivity contribution in [3.8, 4) is 0 Å². The highest BCUT2D eigenvalue weighted by atomic mass is 16.2. The fourth-order valence-corrected chi connectivity index (χ4v) is 2.19. The van der Waals surface area contributed by atoms with Gasteiger partial charge in [0.15, 0.2) is 0 Å². The molecule has 1 fully saturated rings. The van der Waals surface area contributed by atoms with E-state index in [2.05, 4.69) is 20.5 Å². The van der Waals surface area contributed by atoms with E-state index in [0.29, 0.717) is 11.7 Å². The van der Waals surface area contributed by atoms with Crippen LogP contribution in [0.3, 0.4) is 0 Å². The van der Waals surface area contributed by atoms with Gasteiger partial charge in [0.25, 0.3) is 5.91 Å². The molecular weight excluding hydrogens is 240 g/mol. The Morgan fingerprint density at radius 1 is 1.16 bits per heavy atom. The molecule has 1 amide bonds. The summed E-state index contributed by atoms with van der Waals surface area (Å²) in [5, 5.41) is 6.11. The zero-order valence-electron chi connectivity index (χ0n) is 10.6. The van der Waals surface area contributed by atoms with Crippen molar-refractivity contribution in [2.24, 2.45) is 4.99 Å². The zero-order valence-corrected chi connectivity index (χ0v) is 10.6. The first-order valence-corrected chi connectivity index (χ1v) is 6.45. The van der Waals surface area contributed by atoms with E-state index in [4.69, 9.17) is 0 Å². The smallest absolute Gasteiger partial charge is 0.276 e. The lowest BCUT2D eigenvalue weighted by molar-refractivity contribution is -0.115. The second-order valence-corrected chi connectivity index (χ2v) is 4.57. The standard InChI is InChI=1S/C14H16N4O/c19-13-12(10-11-4-2-1-3-5-11)16-14(17-13)18-8-6-15-7-9-18/h1-5,10,15H,6-9H2,(H,16,17,19). The number of nitrogens with one attached hydrogen (secondary N) is 2. The number of rotatable bonds is 1. The monoisotopic (exact) mass is 256 g/mol. The van der Waals surface area contributed by atoms with Gasteiger partial charge >= 0.3 is 0 Å². The molecule has 0 saturated carbocycles. The van der Waals surface area contributed by atoms with Crippen LogP contribution in [0, 0.1) is 0 Å². The van der Waals surface area contributed by atoms with Crippen molar-refractivity contribution < 1.29 is 4.79 Å². The van der Waals surface area contributed by atoms with Crippen LogP contribution in [0.25, 0.3) is 6.08 Å². The minimum absolute atomic E-state index is 0.127. The molecule has 0 aromatic heterocycles. The summed E-state index contributed by atoms with van der Waals surface area (Å²) < 4.78 is 0. The molecule has 2 aliphatic rings. The van der Waals surface area contributed by atoms with Crippen LogP contribution in [0.1, 0.15) is 5.56 Å². The molecule has 0 atom stereocenters. The van der Waals surface area contributed by atoms with Gasteiger partial charge in [-0.2, -0.15) is 0 Å². The SMILES string of the molecule is O=C1NC(N2CCNCC2)=NC1=Cc1ccccc1. The summed E-state index contributed by atoms with van der Waals surface area (Å²) in [6.45, 7) is 3.59. The van der Waals surface area contributed by atoms with Gasteiger partial charge in [-0.1, -0.05) is 30.3 Å². The van der Waals surface area contributed by atoms with Crippen LogP contribution in [-0.4, -0.2) is 42.9 Å². The molecule has 98 valence electrons. The Hall–Kier alpha value is -2.14. The van der Waals surface area contributed by atoms with Gasteiger partial charge in [0, 0.05) is 26.2 Å². The zero-order chi connectivity index (χ0) is 13.1. The lowest BCUT2D eigenvalue weighted by Crippen LogP contribution is -2.50. The lowest BCUT2D eigenvalue weighted by atomic mass is 10.2. The van der Waals surface area contributed by atoms with E-state index < -0.39 is 0 Å². The van der Waals surface area contributed by atoms with Crippen molar-refractivity contribution in [2.45, 2.75) is 0 Å². The number of piperazine rings is 1. The number of hydrogen-bond donors (Lipinski definition) is 2. The average Bonchev–Trinajstić information content (AvgIpc) is 2.82. The van der Waals surface area contributed by atoms with E-state index in [9.17, 15) is 4.79 Å². The maximum atomic E-state index is 11.9. The van der Waals surface area contributed by atoms with Crippen LogP contribution >= 0.6 is 0 Å². The number of amides is 1. The molecule has 5 nitrogen and oxygen atoms in total. The predicted molar refractivity (Wildman–Crippen MR) is 74.4 cm³/mol. The van der Waals surface area contributed by atoms with E-state index in [0.717, 1.165) is 31.7 Å². The van der Waals surface area contributed by atoms with Crippen molar-refractivity contribution in [1.82, 2.24) is 15.5 Å². The van der Waals surface area contributed by atoms with Gasteiger partial charge in [0.05, 0.1) is 0 Å². The minimum Gasteiger partial charge on any atom is -0.340 e. The minimum atomic E-state index is -0.127. The quantitative estimate of drug-likeness (QED) is 0.716. The summed E-state index contributed by atoms with van der Waals surface area (Å²) in [5.41, 5.74) is 1.46. The number of aliphatic imine (C=N–C) groups is 1. The van der Waals surface area contributed by atoms with E-state index in [1.165, 1.54) is 0 Å². The maximum absolute atomic E-state index is 11.9. The van der Waals surface area contributed by atoms with E-state index in [-0.39, 0.29) is 5.91 Å². The van der Waals surface area contributed by atoms with Crippen LogP contribution in [0.5, 0.6) is 0 Å². The highest BCUT2D eigenvalue weighted by molar-refractivity contribution is 6.13. The Labute approximate surface area is 112 Å². The van der Waals surface area contributed by atoms with Gasteiger partial charge in [0.1, 0.15) is 5.70 Å². The fraction of sp³-hybridized carbons (Fsp3) is 0.286. The summed E-state index contributed by atoms with van der Waals surface area (Å²) in [6.07, 6.45) is 1.81.